The monoisotopic (exact) mass is 246 g/mol. The molecule has 0 aliphatic carbocycles. The Morgan fingerprint density at radius 1 is 1.50 bits per heavy atom. The highest BCUT2D eigenvalue weighted by atomic mass is 16.4. The van der Waals surface area contributed by atoms with Gasteiger partial charge in [0.25, 0.3) is 0 Å². The Kier molecular flexibility index (Phi) is 3.27. The summed E-state index contributed by atoms with van der Waals surface area (Å²) in [6.45, 7) is 1.99. The number of hydrogen-bond donors (Lipinski definition) is 2. The van der Waals surface area contributed by atoms with Gasteiger partial charge in [0.2, 0.25) is 0 Å². The van der Waals surface area contributed by atoms with Crippen molar-refractivity contribution < 1.29 is 9.90 Å². The van der Waals surface area contributed by atoms with Crippen LogP contribution in [-0.2, 0) is 13.5 Å². The first-order valence-corrected chi connectivity index (χ1v) is 5.59. The molecule has 94 valence electrons. The van der Waals surface area contributed by atoms with Crippen molar-refractivity contribution >= 4 is 17.3 Å². The summed E-state index contributed by atoms with van der Waals surface area (Å²) < 4.78 is 1.69. The number of carboxylic acid groups (broad SMARTS) is 1. The number of hydrogen-bond acceptors (Lipinski definition) is 4. The number of pyridine rings is 1. The van der Waals surface area contributed by atoms with Gasteiger partial charge in [-0.15, -0.1) is 0 Å². The molecule has 2 N–H and O–H groups in total. The second-order valence-corrected chi connectivity index (χ2v) is 3.85. The van der Waals surface area contributed by atoms with Gasteiger partial charge < -0.3 is 10.4 Å². The van der Waals surface area contributed by atoms with Crippen molar-refractivity contribution in [2.45, 2.75) is 13.3 Å². The summed E-state index contributed by atoms with van der Waals surface area (Å²) in [4.78, 5) is 14.9. The summed E-state index contributed by atoms with van der Waals surface area (Å²) in [6, 6.07) is 3.37. The van der Waals surface area contributed by atoms with Crippen LogP contribution in [0.2, 0.25) is 0 Å². The van der Waals surface area contributed by atoms with Crippen LogP contribution in [0.15, 0.2) is 24.5 Å². The van der Waals surface area contributed by atoms with E-state index in [0.717, 1.165) is 17.8 Å². The van der Waals surface area contributed by atoms with Gasteiger partial charge in [-0.05, 0) is 18.6 Å². The number of aromatic nitrogens is 3. The zero-order valence-electron chi connectivity index (χ0n) is 10.2. The van der Waals surface area contributed by atoms with Gasteiger partial charge in [0.05, 0.1) is 17.1 Å². The maximum atomic E-state index is 11.0. The lowest BCUT2D eigenvalue weighted by Gasteiger charge is -2.07. The maximum absolute atomic E-state index is 11.0. The molecule has 2 heterocycles. The maximum Gasteiger partial charge on any atom is 0.356 e. The number of carboxylic acids is 1. The molecule has 0 aliphatic rings. The molecule has 0 amide bonds. The zero-order valence-corrected chi connectivity index (χ0v) is 10.2. The third-order valence-electron chi connectivity index (χ3n) is 2.52. The number of rotatable bonds is 4. The average Bonchev–Trinajstić information content (AvgIpc) is 2.70. The fourth-order valence-electron chi connectivity index (χ4n) is 1.72. The smallest absolute Gasteiger partial charge is 0.356 e. The molecule has 6 nitrogen and oxygen atoms in total. The minimum Gasteiger partial charge on any atom is -0.476 e. The van der Waals surface area contributed by atoms with E-state index >= 15 is 0 Å². The fraction of sp³-hybridized carbons (Fsp3) is 0.250. The Hall–Kier alpha value is -2.37. The van der Waals surface area contributed by atoms with Crippen molar-refractivity contribution in [3.63, 3.8) is 0 Å². The number of anilines is 2. The van der Waals surface area contributed by atoms with Gasteiger partial charge in [-0.1, -0.05) is 6.92 Å². The first-order chi connectivity index (χ1) is 8.61. The van der Waals surface area contributed by atoms with E-state index in [1.54, 1.807) is 16.8 Å². The summed E-state index contributed by atoms with van der Waals surface area (Å²) in [7, 11) is 1.83. The number of nitrogens with zero attached hydrogens (tertiary/aromatic N) is 3. The Balaban J connectivity index is 2.36. The van der Waals surface area contributed by atoms with Crippen LogP contribution < -0.4 is 5.32 Å². The zero-order chi connectivity index (χ0) is 13.1. The normalized spacial score (nSPS) is 10.3. The molecule has 2 rings (SSSR count). The fourth-order valence-corrected chi connectivity index (χ4v) is 1.72. The van der Waals surface area contributed by atoms with Crippen LogP contribution in [0.25, 0.3) is 0 Å². The second-order valence-electron chi connectivity index (χ2n) is 3.85. The van der Waals surface area contributed by atoms with E-state index in [1.807, 2.05) is 20.2 Å². The van der Waals surface area contributed by atoms with Gasteiger partial charge in [0.15, 0.2) is 5.69 Å². The van der Waals surface area contributed by atoms with Crippen molar-refractivity contribution in [3.05, 3.63) is 35.9 Å². The molecule has 0 atom stereocenters. The number of nitrogens with one attached hydrogen (secondary N) is 1. The molecule has 0 saturated carbocycles. The van der Waals surface area contributed by atoms with Crippen molar-refractivity contribution in [2.75, 3.05) is 5.32 Å². The summed E-state index contributed by atoms with van der Waals surface area (Å²) in [5, 5.41) is 16.4. The van der Waals surface area contributed by atoms with E-state index in [0.29, 0.717) is 5.69 Å². The lowest BCUT2D eigenvalue weighted by Crippen LogP contribution is -2.05. The Bertz CT molecular complexity index is 577. The number of aryl methyl sites for hydroxylation is 2. The predicted molar refractivity (Wildman–Crippen MR) is 67.1 cm³/mol. The van der Waals surface area contributed by atoms with Gasteiger partial charge in [-0.25, -0.2) is 9.78 Å². The average molecular weight is 246 g/mol. The summed E-state index contributed by atoms with van der Waals surface area (Å²) in [5.41, 5.74) is 2.16. The van der Waals surface area contributed by atoms with Gasteiger partial charge in [-0.2, -0.15) is 5.10 Å². The lowest BCUT2D eigenvalue weighted by atomic mass is 10.2. The van der Waals surface area contributed by atoms with Gasteiger partial charge in [0, 0.05) is 19.4 Å². The van der Waals surface area contributed by atoms with Crippen molar-refractivity contribution in [2.24, 2.45) is 7.05 Å². The first-order valence-electron chi connectivity index (χ1n) is 5.59. The van der Waals surface area contributed by atoms with E-state index in [9.17, 15) is 4.79 Å². The van der Waals surface area contributed by atoms with Gasteiger partial charge in [0.1, 0.15) is 0 Å². The van der Waals surface area contributed by atoms with Gasteiger partial charge >= 0.3 is 5.97 Å². The Morgan fingerprint density at radius 3 is 2.94 bits per heavy atom. The van der Waals surface area contributed by atoms with Crippen LogP contribution in [0.3, 0.4) is 0 Å². The van der Waals surface area contributed by atoms with Crippen LogP contribution in [0.5, 0.6) is 0 Å². The Labute approximate surface area is 104 Å². The molecule has 0 fully saturated rings. The van der Waals surface area contributed by atoms with Crippen LogP contribution >= 0.6 is 0 Å². The van der Waals surface area contributed by atoms with E-state index in [1.165, 1.54) is 6.20 Å². The summed E-state index contributed by atoms with van der Waals surface area (Å²) in [6.07, 6.45) is 4.04. The third-order valence-corrected chi connectivity index (χ3v) is 2.52. The van der Waals surface area contributed by atoms with Crippen LogP contribution in [0, 0.1) is 0 Å². The molecule has 0 unspecified atom stereocenters. The second kappa shape index (κ2) is 4.87. The lowest BCUT2D eigenvalue weighted by molar-refractivity contribution is 0.0691. The molecule has 18 heavy (non-hydrogen) atoms. The minimum atomic E-state index is -1.06. The van der Waals surface area contributed by atoms with E-state index in [4.69, 9.17) is 5.11 Å². The highest BCUT2D eigenvalue weighted by Gasteiger charge is 2.13. The topological polar surface area (TPSA) is 80.0 Å². The number of carbonyl (C=O) groups is 1. The highest BCUT2D eigenvalue weighted by Crippen LogP contribution is 2.22. The SMILES string of the molecule is CCc1nn(C)cc1Nc1cccnc1C(=O)O. The molecule has 0 aliphatic heterocycles. The summed E-state index contributed by atoms with van der Waals surface area (Å²) >= 11 is 0. The molecule has 0 aromatic carbocycles. The van der Waals surface area contributed by atoms with E-state index < -0.39 is 5.97 Å². The molecule has 6 heteroatoms. The predicted octanol–water partition coefficient (Wildman–Crippen LogP) is 1.82. The molecule has 0 radical (unpaired) electrons. The first kappa shape index (κ1) is 12.1. The molecule has 0 bridgehead atoms. The molecule has 0 spiro atoms. The summed E-state index contributed by atoms with van der Waals surface area (Å²) in [5.74, 6) is -1.06. The van der Waals surface area contributed by atoms with Gasteiger partial charge in [-0.3, -0.25) is 4.68 Å². The van der Waals surface area contributed by atoms with E-state index in [-0.39, 0.29) is 5.69 Å². The van der Waals surface area contributed by atoms with Crippen LogP contribution in [-0.4, -0.2) is 25.8 Å². The van der Waals surface area contributed by atoms with Crippen LogP contribution in [0.4, 0.5) is 11.4 Å². The number of aromatic carboxylic acids is 1. The highest BCUT2D eigenvalue weighted by molar-refractivity contribution is 5.92. The molecular weight excluding hydrogens is 232 g/mol. The quantitative estimate of drug-likeness (QED) is 0.860. The van der Waals surface area contributed by atoms with Crippen molar-refractivity contribution in [3.8, 4) is 0 Å². The third kappa shape index (κ3) is 2.32. The largest absolute Gasteiger partial charge is 0.476 e. The van der Waals surface area contributed by atoms with E-state index in [2.05, 4.69) is 15.4 Å². The van der Waals surface area contributed by atoms with Crippen LogP contribution in [0.1, 0.15) is 23.1 Å². The molecule has 2 aromatic rings. The van der Waals surface area contributed by atoms with Crippen molar-refractivity contribution in [1.29, 1.82) is 0 Å². The van der Waals surface area contributed by atoms with Crippen molar-refractivity contribution in [1.82, 2.24) is 14.8 Å². The minimum absolute atomic E-state index is 0.00315. The Morgan fingerprint density at radius 2 is 2.28 bits per heavy atom. The molecular formula is C12H14N4O2. The molecule has 2 aromatic heterocycles. The standard InChI is InChI=1S/C12H14N4O2/c1-3-8-10(7-16(2)15-8)14-9-5-4-6-13-11(9)12(17)18/h4-7,14H,3H2,1-2H3,(H,17,18). The molecule has 0 saturated heterocycles.